The predicted molar refractivity (Wildman–Crippen MR) is 139 cm³/mol. The smallest absolute Gasteiger partial charge is 0.293 e. The molecular formula is C25H18BrCl2NO4S. The molecule has 0 N–H and O–H groups in total. The molecule has 3 aromatic rings. The summed E-state index contributed by atoms with van der Waals surface area (Å²) in [4.78, 5) is 27.0. The number of imide groups is 1. The molecule has 1 aliphatic heterocycles. The Kier molecular flexibility index (Phi) is 7.88. The average Bonchev–Trinajstić information content (AvgIpc) is 3.08. The van der Waals surface area contributed by atoms with Gasteiger partial charge in [0.25, 0.3) is 11.1 Å². The van der Waals surface area contributed by atoms with Crippen LogP contribution in [0.4, 0.5) is 4.79 Å². The van der Waals surface area contributed by atoms with Crippen LogP contribution in [-0.2, 0) is 17.9 Å². The Morgan fingerprint density at radius 1 is 1.03 bits per heavy atom. The van der Waals surface area contributed by atoms with Crippen LogP contribution in [0.25, 0.3) is 6.08 Å². The molecule has 3 aromatic carbocycles. The lowest BCUT2D eigenvalue weighted by Crippen LogP contribution is -2.27. The van der Waals surface area contributed by atoms with E-state index in [4.69, 9.17) is 32.7 Å². The number of thioether (sulfide) groups is 1. The Morgan fingerprint density at radius 2 is 1.74 bits per heavy atom. The molecule has 5 nitrogen and oxygen atoms in total. The average molecular weight is 579 g/mol. The lowest BCUT2D eigenvalue weighted by Gasteiger charge is -2.15. The minimum absolute atomic E-state index is 0.000206. The second kappa shape index (κ2) is 10.9. The number of amides is 2. The van der Waals surface area contributed by atoms with Crippen LogP contribution in [0.2, 0.25) is 10.0 Å². The van der Waals surface area contributed by atoms with Gasteiger partial charge in [0.05, 0.1) is 23.0 Å². The third kappa shape index (κ3) is 5.44. The first-order chi connectivity index (χ1) is 16.4. The van der Waals surface area contributed by atoms with Crippen LogP contribution in [0.3, 0.4) is 0 Å². The second-order valence-electron chi connectivity index (χ2n) is 7.28. The van der Waals surface area contributed by atoms with Crippen molar-refractivity contribution in [3.05, 3.63) is 96.8 Å². The number of ether oxygens (including phenoxy) is 2. The number of hydrogen-bond acceptors (Lipinski definition) is 5. The Balaban J connectivity index is 1.56. The van der Waals surface area contributed by atoms with Crippen LogP contribution in [0, 0.1) is 0 Å². The van der Waals surface area contributed by atoms with Crippen LogP contribution < -0.4 is 9.47 Å². The van der Waals surface area contributed by atoms with Crippen LogP contribution in [0.15, 0.2) is 70.0 Å². The van der Waals surface area contributed by atoms with E-state index >= 15 is 0 Å². The second-order valence-corrected chi connectivity index (χ2v) is 9.94. The summed E-state index contributed by atoms with van der Waals surface area (Å²) in [6, 6.07) is 18.4. The van der Waals surface area contributed by atoms with E-state index in [0.29, 0.717) is 48.7 Å². The Bertz CT molecular complexity index is 1260. The topological polar surface area (TPSA) is 55.8 Å². The molecule has 0 spiro atoms. The molecule has 0 aliphatic carbocycles. The van der Waals surface area contributed by atoms with Gasteiger partial charge in [0, 0.05) is 15.6 Å². The van der Waals surface area contributed by atoms with Crippen molar-refractivity contribution in [3.63, 3.8) is 0 Å². The third-order valence-electron chi connectivity index (χ3n) is 5.03. The maximum absolute atomic E-state index is 13.0. The fourth-order valence-corrected chi connectivity index (χ4v) is 5.25. The SMILES string of the molecule is COc1cc(/C=C2/SC(=O)N(Cc3c(Cl)cccc3Cl)C2=O)cc(Br)c1OCc1ccccc1. The minimum atomic E-state index is -0.412. The number of benzene rings is 3. The van der Waals surface area contributed by atoms with Crippen molar-refractivity contribution in [2.45, 2.75) is 13.2 Å². The third-order valence-corrected chi connectivity index (χ3v) is 7.23. The zero-order chi connectivity index (χ0) is 24.2. The summed E-state index contributed by atoms with van der Waals surface area (Å²) >= 11 is 16.8. The molecule has 1 fully saturated rings. The van der Waals surface area contributed by atoms with E-state index in [9.17, 15) is 9.59 Å². The molecule has 34 heavy (non-hydrogen) atoms. The predicted octanol–water partition coefficient (Wildman–Crippen LogP) is 7.58. The lowest BCUT2D eigenvalue weighted by molar-refractivity contribution is -0.123. The summed E-state index contributed by atoms with van der Waals surface area (Å²) < 4.78 is 12.1. The van der Waals surface area contributed by atoms with E-state index in [1.54, 1.807) is 37.5 Å². The molecule has 1 saturated heterocycles. The van der Waals surface area contributed by atoms with E-state index in [0.717, 1.165) is 22.2 Å². The summed E-state index contributed by atoms with van der Waals surface area (Å²) in [6.07, 6.45) is 1.65. The van der Waals surface area contributed by atoms with E-state index < -0.39 is 5.91 Å². The summed E-state index contributed by atoms with van der Waals surface area (Å²) in [5.41, 5.74) is 2.23. The quantitative estimate of drug-likeness (QED) is 0.270. The maximum Gasteiger partial charge on any atom is 0.293 e. The van der Waals surface area contributed by atoms with Gasteiger partial charge in [-0.1, -0.05) is 59.6 Å². The number of carbonyl (C=O) groups is 2. The van der Waals surface area contributed by atoms with Gasteiger partial charge < -0.3 is 9.47 Å². The Morgan fingerprint density at radius 3 is 2.41 bits per heavy atom. The van der Waals surface area contributed by atoms with Crippen LogP contribution in [0.1, 0.15) is 16.7 Å². The molecule has 1 heterocycles. The van der Waals surface area contributed by atoms with Crippen LogP contribution in [0.5, 0.6) is 11.5 Å². The standard InChI is InChI=1S/C25H18BrCl2NO4S/c1-32-21-11-16(10-18(26)23(21)33-14-15-6-3-2-4-7-15)12-22-24(30)29(25(31)34-22)13-17-19(27)8-5-9-20(17)28/h2-12H,13-14H2,1H3/b22-12+. The van der Waals surface area contributed by atoms with Crippen LogP contribution >= 0.6 is 50.9 Å². The largest absolute Gasteiger partial charge is 0.493 e. The summed E-state index contributed by atoms with van der Waals surface area (Å²) in [5, 5.41) is 0.409. The Hall–Kier alpha value is -2.45. The van der Waals surface area contributed by atoms with Gasteiger partial charge in [0.1, 0.15) is 6.61 Å². The summed E-state index contributed by atoms with van der Waals surface area (Å²) in [7, 11) is 1.54. The van der Waals surface area contributed by atoms with E-state index in [1.165, 1.54) is 0 Å². The normalized spacial score (nSPS) is 14.7. The van der Waals surface area contributed by atoms with Gasteiger partial charge in [-0.15, -0.1) is 0 Å². The van der Waals surface area contributed by atoms with Gasteiger partial charge in [-0.2, -0.15) is 0 Å². The number of nitrogens with zero attached hydrogens (tertiary/aromatic N) is 1. The molecule has 0 saturated carbocycles. The van der Waals surface area contributed by atoms with Crippen molar-refractivity contribution in [3.8, 4) is 11.5 Å². The number of methoxy groups -OCH3 is 1. The maximum atomic E-state index is 13.0. The highest BCUT2D eigenvalue weighted by molar-refractivity contribution is 9.10. The van der Waals surface area contributed by atoms with Crippen molar-refractivity contribution >= 4 is 68.1 Å². The molecule has 0 aromatic heterocycles. The van der Waals surface area contributed by atoms with Crippen molar-refractivity contribution < 1.29 is 19.1 Å². The number of carbonyl (C=O) groups excluding carboxylic acids is 2. The summed E-state index contributed by atoms with van der Waals surface area (Å²) in [5.74, 6) is 0.633. The van der Waals surface area contributed by atoms with Gasteiger partial charge in [-0.25, -0.2) is 0 Å². The van der Waals surface area contributed by atoms with E-state index in [-0.39, 0.29) is 11.8 Å². The highest BCUT2D eigenvalue weighted by Gasteiger charge is 2.35. The molecule has 0 unspecified atom stereocenters. The zero-order valence-corrected chi connectivity index (χ0v) is 21.8. The number of hydrogen-bond donors (Lipinski definition) is 0. The zero-order valence-electron chi connectivity index (χ0n) is 17.9. The van der Waals surface area contributed by atoms with Gasteiger partial charge in [-0.05, 0) is 69.2 Å². The first kappa shape index (κ1) is 24.7. The molecule has 0 radical (unpaired) electrons. The molecule has 174 valence electrons. The fraction of sp³-hybridized carbons (Fsp3) is 0.120. The van der Waals surface area contributed by atoms with Crippen molar-refractivity contribution in [1.29, 1.82) is 0 Å². The molecule has 1 aliphatic rings. The van der Waals surface area contributed by atoms with Crippen LogP contribution in [-0.4, -0.2) is 23.2 Å². The van der Waals surface area contributed by atoms with E-state index in [2.05, 4.69) is 15.9 Å². The molecule has 0 atom stereocenters. The molecular weight excluding hydrogens is 561 g/mol. The monoisotopic (exact) mass is 577 g/mol. The first-order valence-electron chi connectivity index (χ1n) is 10.1. The van der Waals surface area contributed by atoms with E-state index in [1.807, 2.05) is 36.4 Å². The fourth-order valence-electron chi connectivity index (χ4n) is 3.32. The van der Waals surface area contributed by atoms with Gasteiger partial charge >= 0.3 is 0 Å². The number of halogens is 3. The molecule has 9 heteroatoms. The first-order valence-corrected chi connectivity index (χ1v) is 12.5. The molecule has 4 rings (SSSR count). The highest BCUT2D eigenvalue weighted by atomic mass is 79.9. The molecule has 2 amide bonds. The Labute approximate surface area is 219 Å². The highest BCUT2D eigenvalue weighted by Crippen LogP contribution is 2.40. The van der Waals surface area contributed by atoms with Gasteiger partial charge in [-0.3, -0.25) is 14.5 Å². The minimum Gasteiger partial charge on any atom is -0.493 e. The van der Waals surface area contributed by atoms with Crippen molar-refractivity contribution in [2.24, 2.45) is 0 Å². The van der Waals surface area contributed by atoms with Crippen molar-refractivity contribution in [1.82, 2.24) is 4.90 Å². The van der Waals surface area contributed by atoms with Crippen molar-refractivity contribution in [2.75, 3.05) is 7.11 Å². The van der Waals surface area contributed by atoms with Gasteiger partial charge in [0.2, 0.25) is 0 Å². The number of rotatable bonds is 7. The lowest BCUT2D eigenvalue weighted by atomic mass is 10.1. The molecule has 0 bridgehead atoms. The summed E-state index contributed by atoms with van der Waals surface area (Å²) in [6.45, 7) is 0.373. The van der Waals surface area contributed by atoms with Gasteiger partial charge in [0.15, 0.2) is 11.5 Å².